The number of aromatic nitrogens is 1. The molecule has 7 nitrogen and oxygen atoms in total. The van der Waals surface area contributed by atoms with E-state index in [-0.39, 0.29) is 23.8 Å². The first kappa shape index (κ1) is 16.8. The minimum atomic E-state index is -0.234. The Labute approximate surface area is 141 Å². The molecule has 2 saturated carbocycles. The molecule has 1 aromatic heterocycles. The smallest absolute Gasteiger partial charge is 0.273 e. The van der Waals surface area contributed by atoms with Gasteiger partial charge in [-0.15, -0.1) is 0 Å². The number of nitrogens with one attached hydrogen (secondary N) is 1. The summed E-state index contributed by atoms with van der Waals surface area (Å²) >= 11 is 0. The summed E-state index contributed by atoms with van der Waals surface area (Å²) in [5.74, 6) is 0.684. The Balaban J connectivity index is 1.48. The van der Waals surface area contributed by atoms with E-state index >= 15 is 0 Å². The van der Waals surface area contributed by atoms with E-state index in [2.05, 4.69) is 15.5 Å². The topological polar surface area (TPSA) is 111 Å². The van der Waals surface area contributed by atoms with Crippen molar-refractivity contribution in [3.8, 4) is 0 Å². The lowest BCUT2D eigenvalue weighted by Crippen LogP contribution is -2.38. The van der Waals surface area contributed by atoms with Gasteiger partial charge in [0, 0.05) is 36.2 Å². The number of aliphatic imine (C=N–C) groups is 1. The van der Waals surface area contributed by atoms with Crippen LogP contribution < -0.4 is 11.1 Å². The Kier molecular flexibility index (Phi) is 5.08. The minimum absolute atomic E-state index is 0.0829. The normalized spacial score (nSPS) is 22.1. The van der Waals surface area contributed by atoms with Crippen molar-refractivity contribution in [2.24, 2.45) is 16.6 Å². The second kappa shape index (κ2) is 7.25. The number of amides is 2. The van der Waals surface area contributed by atoms with Gasteiger partial charge in [0.15, 0.2) is 5.69 Å². The summed E-state index contributed by atoms with van der Waals surface area (Å²) in [6.07, 6.45) is 5.23. The highest BCUT2D eigenvalue weighted by molar-refractivity contribution is 5.97. The van der Waals surface area contributed by atoms with Crippen LogP contribution in [0.4, 0.5) is 0 Å². The predicted molar refractivity (Wildman–Crippen MR) is 88.9 cm³/mol. The van der Waals surface area contributed by atoms with E-state index in [0.717, 1.165) is 50.0 Å². The van der Waals surface area contributed by atoms with Crippen LogP contribution in [-0.4, -0.2) is 35.3 Å². The number of nitrogens with two attached hydrogens (primary N) is 1. The average Bonchev–Trinajstić information content (AvgIpc) is 3.32. The maximum atomic E-state index is 12.2. The second-order valence-electron chi connectivity index (χ2n) is 6.79. The number of carbonyl (C=O) groups is 2. The zero-order valence-corrected chi connectivity index (χ0v) is 14.0. The fourth-order valence-electron chi connectivity index (χ4n) is 2.79. The van der Waals surface area contributed by atoms with E-state index in [4.69, 9.17) is 10.3 Å². The highest BCUT2D eigenvalue weighted by Gasteiger charge is 2.29. The van der Waals surface area contributed by atoms with E-state index in [0.29, 0.717) is 18.2 Å². The highest BCUT2D eigenvalue weighted by Crippen LogP contribution is 2.40. The molecule has 1 aromatic rings. The van der Waals surface area contributed by atoms with Crippen LogP contribution in [0.2, 0.25) is 0 Å². The van der Waals surface area contributed by atoms with Gasteiger partial charge in [-0.05, 0) is 38.5 Å². The molecule has 0 aliphatic heterocycles. The van der Waals surface area contributed by atoms with Crippen LogP contribution in [0.5, 0.6) is 0 Å². The lowest BCUT2D eigenvalue weighted by atomic mass is 9.93. The van der Waals surface area contributed by atoms with Crippen molar-refractivity contribution in [2.45, 2.75) is 57.4 Å². The van der Waals surface area contributed by atoms with Crippen LogP contribution in [0.25, 0.3) is 0 Å². The third-order valence-electron chi connectivity index (χ3n) is 4.68. The molecule has 24 heavy (non-hydrogen) atoms. The Bertz CT molecular complexity index is 638. The van der Waals surface area contributed by atoms with E-state index < -0.39 is 0 Å². The van der Waals surface area contributed by atoms with E-state index in [1.165, 1.54) is 0 Å². The van der Waals surface area contributed by atoms with Crippen molar-refractivity contribution in [3.05, 3.63) is 17.5 Å². The molecule has 0 radical (unpaired) electrons. The van der Waals surface area contributed by atoms with Crippen LogP contribution in [0, 0.1) is 5.92 Å². The molecule has 0 aromatic carbocycles. The summed E-state index contributed by atoms with van der Waals surface area (Å²) in [6.45, 7) is 2.10. The maximum absolute atomic E-state index is 12.2. The first-order valence-corrected chi connectivity index (χ1v) is 8.64. The van der Waals surface area contributed by atoms with Crippen LogP contribution in [0.1, 0.15) is 67.6 Å². The third-order valence-corrected chi connectivity index (χ3v) is 4.68. The molecule has 0 saturated heterocycles. The summed E-state index contributed by atoms with van der Waals surface area (Å²) in [4.78, 5) is 28.2. The van der Waals surface area contributed by atoms with E-state index in [1.54, 1.807) is 13.0 Å². The van der Waals surface area contributed by atoms with Crippen molar-refractivity contribution in [1.82, 2.24) is 10.5 Å². The third kappa shape index (κ3) is 4.08. The molecule has 2 fully saturated rings. The van der Waals surface area contributed by atoms with Gasteiger partial charge in [0.05, 0.1) is 0 Å². The van der Waals surface area contributed by atoms with Gasteiger partial charge in [-0.3, -0.25) is 9.59 Å². The molecular formula is C17H24N4O3. The van der Waals surface area contributed by atoms with Crippen LogP contribution in [0.3, 0.4) is 0 Å². The van der Waals surface area contributed by atoms with Crippen LogP contribution >= 0.6 is 0 Å². The second-order valence-corrected chi connectivity index (χ2v) is 6.79. The lowest BCUT2D eigenvalue weighted by molar-refractivity contribution is -0.120. The minimum Gasteiger partial charge on any atom is -0.360 e. The zero-order chi connectivity index (χ0) is 17.1. The van der Waals surface area contributed by atoms with Gasteiger partial charge in [-0.1, -0.05) is 12.1 Å². The fraction of sp³-hybridized carbons (Fsp3) is 0.647. The summed E-state index contributed by atoms with van der Waals surface area (Å²) in [6, 6.07) is 1.83. The number of hydrogen-bond acceptors (Lipinski definition) is 5. The SMILES string of the molecule is CC(CN)C(=O)N=C1CCC(NC(=O)c2cc(C3CC3)on2)CC1. The van der Waals surface area contributed by atoms with Crippen LogP contribution in [-0.2, 0) is 4.79 Å². The van der Waals surface area contributed by atoms with Gasteiger partial charge >= 0.3 is 0 Å². The predicted octanol–water partition coefficient (Wildman–Crippen LogP) is 1.79. The number of rotatable bonds is 5. The van der Waals surface area contributed by atoms with Gasteiger partial charge in [0.2, 0.25) is 5.91 Å². The van der Waals surface area contributed by atoms with Crippen LogP contribution in [0.15, 0.2) is 15.6 Å². The van der Waals surface area contributed by atoms with Crippen molar-refractivity contribution < 1.29 is 14.1 Å². The molecule has 7 heteroatoms. The van der Waals surface area contributed by atoms with Crippen molar-refractivity contribution in [2.75, 3.05) is 6.54 Å². The molecular weight excluding hydrogens is 308 g/mol. The largest absolute Gasteiger partial charge is 0.360 e. The van der Waals surface area contributed by atoms with Gasteiger partial charge in [-0.25, -0.2) is 4.99 Å². The molecule has 1 atom stereocenters. The van der Waals surface area contributed by atoms with Gasteiger partial charge in [-0.2, -0.15) is 0 Å². The number of nitrogens with zero attached hydrogens (tertiary/aromatic N) is 2. The first-order chi connectivity index (χ1) is 11.6. The molecule has 3 rings (SSSR count). The Morgan fingerprint density at radius 2 is 2.08 bits per heavy atom. The van der Waals surface area contributed by atoms with Crippen molar-refractivity contribution in [1.29, 1.82) is 0 Å². The molecule has 130 valence electrons. The number of hydrogen-bond donors (Lipinski definition) is 2. The van der Waals surface area contributed by atoms with E-state index in [1.807, 2.05) is 0 Å². The monoisotopic (exact) mass is 332 g/mol. The Morgan fingerprint density at radius 3 is 2.71 bits per heavy atom. The Hall–Kier alpha value is -2.02. The van der Waals surface area contributed by atoms with Gasteiger partial charge in [0.25, 0.3) is 5.91 Å². The molecule has 1 heterocycles. The summed E-state index contributed by atoms with van der Waals surface area (Å²) in [5.41, 5.74) is 6.74. The summed E-state index contributed by atoms with van der Waals surface area (Å²) in [7, 11) is 0. The van der Waals surface area contributed by atoms with Crippen molar-refractivity contribution in [3.63, 3.8) is 0 Å². The maximum Gasteiger partial charge on any atom is 0.273 e. The molecule has 1 unspecified atom stereocenters. The fourth-order valence-corrected chi connectivity index (χ4v) is 2.79. The highest BCUT2D eigenvalue weighted by atomic mass is 16.5. The van der Waals surface area contributed by atoms with Gasteiger partial charge in [0.1, 0.15) is 5.76 Å². The molecule has 2 aliphatic carbocycles. The molecule has 2 aliphatic rings. The number of carbonyl (C=O) groups excluding carboxylic acids is 2. The lowest BCUT2D eigenvalue weighted by Gasteiger charge is -2.23. The summed E-state index contributed by atoms with van der Waals surface area (Å²) in [5, 5.41) is 6.85. The average molecular weight is 332 g/mol. The molecule has 0 bridgehead atoms. The quantitative estimate of drug-likeness (QED) is 0.854. The zero-order valence-electron chi connectivity index (χ0n) is 14.0. The molecule has 2 amide bonds. The Morgan fingerprint density at radius 1 is 1.38 bits per heavy atom. The standard InChI is InChI=1S/C17H24N4O3/c1-10(9-18)16(22)19-12-4-6-13(7-5-12)20-17(23)14-8-15(24-21-14)11-2-3-11/h8,10-11,13H,2-7,9,18H2,1H3,(H,20,23). The van der Waals surface area contributed by atoms with E-state index in [9.17, 15) is 9.59 Å². The first-order valence-electron chi connectivity index (χ1n) is 8.64. The molecule has 3 N–H and O–H groups in total. The van der Waals surface area contributed by atoms with Crippen molar-refractivity contribution >= 4 is 17.5 Å². The molecule has 0 spiro atoms. The summed E-state index contributed by atoms with van der Waals surface area (Å²) < 4.78 is 5.22. The van der Waals surface area contributed by atoms with Gasteiger partial charge < -0.3 is 15.6 Å².